The summed E-state index contributed by atoms with van der Waals surface area (Å²) in [5.74, 6) is -1.37. The largest absolute Gasteiger partial charge is 0.493 e. The Labute approximate surface area is 332 Å². The van der Waals surface area contributed by atoms with E-state index in [9.17, 15) is 24.0 Å². The van der Waals surface area contributed by atoms with Gasteiger partial charge in [-0.2, -0.15) is 0 Å². The molecule has 0 bridgehead atoms. The smallest absolute Gasteiger partial charge is 0.333 e. The highest BCUT2D eigenvalue weighted by molar-refractivity contribution is 5.89. The molecule has 304 valence electrons. The van der Waals surface area contributed by atoms with Crippen LogP contribution in [0, 0.1) is 5.41 Å². The predicted octanol–water partition coefficient (Wildman–Crippen LogP) is 7.64. The fourth-order valence-electron chi connectivity index (χ4n) is 2.89. The number of rotatable bonds is 22. The number of amides is 2. The maximum absolute atomic E-state index is 11.7. The van der Waals surface area contributed by atoms with E-state index in [0.29, 0.717) is 23.5 Å². The van der Waals surface area contributed by atoms with Gasteiger partial charge in [-0.25, -0.2) is 14.4 Å². The van der Waals surface area contributed by atoms with Gasteiger partial charge in [-0.05, 0) is 61.6 Å². The highest BCUT2D eigenvalue weighted by atomic mass is 16.7. The van der Waals surface area contributed by atoms with E-state index in [-0.39, 0.29) is 38.3 Å². The molecule has 0 unspecified atom stereocenters. The molecule has 0 spiro atoms. The van der Waals surface area contributed by atoms with Gasteiger partial charge in [-0.3, -0.25) is 9.59 Å². The van der Waals surface area contributed by atoms with E-state index < -0.39 is 30.1 Å². The molecule has 0 fully saturated rings. The van der Waals surface area contributed by atoms with Crippen LogP contribution in [0.25, 0.3) is 12.2 Å². The van der Waals surface area contributed by atoms with Crippen molar-refractivity contribution in [2.24, 2.45) is 5.41 Å². The lowest BCUT2D eigenvalue weighted by Crippen LogP contribution is -2.37. The van der Waals surface area contributed by atoms with Gasteiger partial charge in [0.05, 0.1) is 12.1 Å². The summed E-state index contributed by atoms with van der Waals surface area (Å²) < 4.78 is 25.4. The van der Waals surface area contributed by atoms with Gasteiger partial charge in [0.2, 0.25) is 18.6 Å². The lowest BCUT2D eigenvalue weighted by Gasteiger charge is -2.32. The maximum Gasteiger partial charge on any atom is 0.333 e. The number of nitrogens with one attached hydrogen (secondary N) is 2. The summed E-state index contributed by atoms with van der Waals surface area (Å²) in [6, 6.07) is 8.07. The van der Waals surface area contributed by atoms with Gasteiger partial charge < -0.3 is 34.3 Å². The van der Waals surface area contributed by atoms with Crippen LogP contribution in [0.5, 0.6) is 0 Å². The topological polar surface area (TPSA) is 156 Å². The zero-order valence-electron chi connectivity index (χ0n) is 33.4. The number of esters is 3. The number of allylic oxidation sites excluding steroid dienone is 2. The highest BCUT2D eigenvalue weighted by Crippen LogP contribution is 2.27. The Morgan fingerprint density at radius 2 is 0.929 bits per heavy atom. The van der Waals surface area contributed by atoms with Gasteiger partial charge in [0.1, 0.15) is 31.3 Å². The normalized spacial score (nSPS) is 9.21. The molecule has 0 radical (unpaired) electrons. The van der Waals surface area contributed by atoms with Crippen molar-refractivity contribution >= 4 is 41.9 Å². The van der Waals surface area contributed by atoms with Crippen molar-refractivity contribution in [2.75, 3.05) is 33.3 Å². The monoisotopic (exact) mass is 774 g/mol. The van der Waals surface area contributed by atoms with Crippen LogP contribution in [0.15, 0.2) is 149 Å². The first-order chi connectivity index (χ1) is 26.3. The minimum absolute atomic E-state index is 0.0930. The summed E-state index contributed by atoms with van der Waals surface area (Å²) >= 11 is 0. The van der Waals surface area contributed by atoms with Crippen LogP contribution >= 0.6 is 0 Å². The minimum atomic E-state index is -0.637. The molecule has 2 amide bonds. The molecule has 0 saturated heterocycles. The fraction of sp³-hybridized carbons (Fsp3) is 0.250. The predicted molar refractivity (Wildman–Crippen MR) is 224 cm³/mol. The molecular weight excluding hydrogens is 716 g/mol. The molecule has 12 nitrogen and oxygen atoms in total. The van der Waals surface area contributed by atoms with Crippen molar-refractivity contribution in [2.45, 2.75) is 34.1 Å². The van der Waals surface area contributed by atoms with Crippen molar-refractivity contribution in [3.63, 3.8) is 0 Å². The van der Waals surface area contributed by atoms with Crippen molar-refractivity contribution in [1.29, 1.82) is 0 Å². The van der Waals surface area contributed by atoms with Gasteiger partial charge in [-0.15, -0.1) is 0 Å². The first kappa shape index (κ1) is 53.7. The van der Waals surface area contributed by atoms with E-state index in [1.165, 1.54) is 0 Å². The van der Waals surface area contributed by atoms with Crippen LogP contribution in [-0.4, -0.2) is 63.0 Å². The molecule has 0 atom stereocenters. The van der Waals surface area contributed by atoms with Crippen molar-refractivity contribution in [3.8, 4) is 0 Å². The van der Waals surface area contributed by atoms with E-state index in [2.05, 4.69) is 92.5 Å². The first-order valence-corrected chi connectivity index (χ1v) is 16.8. The van der Waals surface area contributed by atoms with Crippen LogP contribution in [0.4, 0.5) is 0 Å². The van der Waals surface area contributed by atoms with Crippen LogP contribution in [0.3, 0.4) is 0 Å². The Hall–Kier alpha value is -6.69. The molecule has 0 heterocycles. The number of ether oxygens (including phenoxy) is 5. The summed E-state index contributed by atoms with van der Waals surface area (Å²) in [4.78, 5) is 53.3. The van der Waals surface area contributed by atoms with Gasteiger partial charge in [0.25, 0.3) is 0 Å². The number of carbonyl (C=O) groups excluding carboxylic acids is 5. The summed E-state index contributed by atoms with van der Waals surface area (Å²) in [7, 11) is 0. The third-order valence-corrected chi connectivity index (χ3v) is 6.70. The van der Waals surface area contributed by atoms with E-state index in [4.69, 9.17) is 14.2 Å². The summed E-state index contributed by atoms with van der Waals surface area (Å²) in [6.07, 6.45) is 8.52. The van der Waals surface area contributed by atoms with Crippen molar-refractivity contribution in [3.05, 3.63) is 160 Å². The van der Waals surface area contributed by atoms with Gasteiger partial charge in [-0.1, -0.05) is 116 Å². The molecule has 1 aromatic carbocycles. The molecule has 2 N–H and O–H groups in total. The second kappa shape index (κ2) is 31.8. The average Bonchev–Trinajstić information content (AvgIpc) is 3.20. The van der Waals surface area contributed by atoms with E-state index in [0.717, 1.165) is 46.6 Å². The molecule has 1 rings (SSSR count). The van der Waals surface area contributed by atoms with Gasteiger partial charge in [0, 0.05) is 17.7 Å². The Morgan fingerprint density at radius 1 is 0.571 bits per heavy atom. The average molecular weight is 775 g/mol. The molecule has 0 aliphatic rings. The third-order valence-electron chi connectivity index (χ3n) is 6.70. The summed E-state index contributed by atoms with van der Waals surface area (Å²) in [6.45, 7) is 46.5. The van der Waals surface area contributed by atoms with Crippen LogP contribution in [0.2, 0.25) is 0 Å². The van der Waals surface area contributed by atoms with Crippen molar-refractivity contribution < 1.29 is 47.7 Å². The van der Waals surface area contributed by atoms with Crippen LogP contribution in [0.1, 0.15) is 45.2 Å². The molecule has 1 aromatic rings. The highest BCUT2D eigenvalue weighted by Gasteiger charge is 2.33. The lowest BCUT2D eigenvalue weighted by atomic mass is 9.87. The van der Waals surface area contributed by atoms with E-state index in [1.807, 2.05) is 57.2 Å². The molecule has 12 heteroatoms. The first-order valence-electron chi connectivity index (χ1n) is 16.8. The number of benzene rings is 1. The Bertz CT molecular complexity index is 1420. The second-order valence-electron chi connectivity index (χ2n) is 11.4. The lowest BCUT2D eigenvalue weighted by molar-refractivity contribution is -0.160. The molecule has 56 heavy (non-hydrogen) atoms. The minimum Gasteiger partial charge on any atom is -0.493 e. The molecule has 0 aromatic heterocycles. The standard InChI is InChI=1S/C20H30O4.C10H10.C7H10N2O2.C7H8O4/c1-10-20(11-22-17(8)14(2)3,12-23-18(9)15(4)5)13-24-19(21)16(6)7;1-3-9-5-7-10(4-2)8-6-9;1-3-6(10)8-5-9-7(11)4-2;1-3-6(8)10-5-11-7(9)4-2/h2,4,6,8-13H2,1,3,5,7H3;3-8H,1-2H2;3-4H,1-2,5H2,(H,8,10)(H,9,11);3-4H,1-2,5H2. The molecular formula is C44H58N2O10. The van der Waals surface area contributed by atoms with Gasteiger partial charge >= 0.3 is 17.9 Å². The van der Waals surface area contributed by atoms with E-state index >= 15 is 0 Å². The van der Waals surface area contributed by atoms with Crippen molar-refractivity contribution in [1.82, 2.24) is 10.6 Å². The van der Waals surface area contributed by atoms with Gasteiger partial charge in [0.15, 0.2) is 0 Å². The zero-order valence-corrected chi connectivity index (χ0v) is 33.4. The molecule has 0 saturated carbocycles. The maximum atomic E-state index is 11.7. The van der Waals surface area contributed by atoms with Crippen LogP contribution in [-0.2, 0) is 47.7 Å². The Kier molecular flexibility index (Phi) is 30.5. The Morgan fingerprint density at radius 3 is 1.20 bits per heavy atom. The molecule has 0 aliphatic carbocycles. The van der Waals surface area contributed by atoms with E-state index in [1.54, 1.807) is 6.92 Å². The number of carbonyl (C=O) groups is 5. The Balaban J connectivity index is -0.000000732. The van der Waals surface area contributed by atoms with Crippen LogP contribution < -0.4 is 10.6 Å². The zero-order chi connectivity index (χ0) is 43.7. The summed E-state index contributed by atoms with van der Waals surface area (Å²) in [5, 5.41) is 4.72. The third kappa shape index (κ3) is 27.9. The SMILES string of the molecule is C=C(C)C(=C)OCC(CC)(COC(=C)C(=C)C)COC(=O)C(=C)C.C=CC(=O)NCNC(=O)C=C.C=CC(=O)OCOC(=O)C=C.C=Cc1ccc(C=C)cc1. The summed E-state index contributed by atoms with van der Waals surface area (Å²) in [5.41, 5.74) is 3.58. The molecule has 0 aliphatic heterocycles. The number of hydrogen-bond donors (Lipinski definition) is 2. The fourth-order valence-corrected chi connectivity index (χ4v) is 2.89. The number of hydrogen-bond acceptors (Lipinski definition) is 10. The second-order valence-corrected chi connectivity index (χ2v) is 11.4. The quantitative estimate of drug-likeness (QED) is 0.0395.